The molecule has 3 rings (SSSR count). The molecular formula is C15H14FN3S. The number of thiazole rings is 1. The summed E-state index contributed by atoms with van der Waals surface area (Å²) in [7, 11) is 0. The number of nitrogens with zero attached hydrogens (tertiary/aromatic N) is 2. The summed E-state index contributed by atoms with van der Waals surface area (Å²) in [5, 5.41) is 3.16. The van der Waals surface area contributed by atoms with Crippen molar-refractivity contribution in [3.8, 4) is 11.3 Å². The Morgan fingerprint density at radius 3 is 2.65 bits per heavy atom. The zero-order chi connectivity index (χ0) is 14.3. The van der Waals surface area contributed by atoms with Gasteiger partial charge in [-0.2, -0.15) is 0 Å². The number of nitrogen functional groups attached to an aromatic ring is 1. The van der Waals surface area contributed by atoms with Crippen LogP contribution in [0.5, 0.6) is 0 Å². The minimum absolute atomic E-state index is 0.277. The summed E-state index contributed by atoms with van der Waals surface area (Å²) < 4.78 is 13.5. The second kappa shape index (κ2) is 4.83. The summed E-state index contributed by atoms with van der Waals surface area (Å²) in [6.07, 6.45) is 0. The van der Waals surface area contributed by atoms with E-state index in [0.29, 0.717) is 11.0 Å². The SMILES string of the molecule is CC(C)c1cc(-c2csc(N)n2)c2cc(F)ccc2n1. The zero-order valence-electron chi connectivity index (χ0n) is 11.2. The van der Waals surface area contributed by atoms with E-state index in [-0.39, 0.29) is 5.82 Å². The number of hydrogen-bond acceptors (Lipinski definition) is 4. The lowest BCUT2D eigenvalue weighted by Gasteiger charge is -2.10. The summed E-state index contributed by atoms with van der Waals surface area (Å²) in [6.45, 7) is 4.16. The van der Waals surface area contributed by atoms with Crippen LogP contribution in [0.3, 0.4) is 0 Å². The standard InChI is InChI=1S/C15H14FN3S/c1-8(2)13-6-11(14-7-20-15(17)19-14)10-5-9(16)3-4-12(10)18-13/h3-8H,1-2H3,(H2,17,19). The van der Waals surface area contributed by atoms with Crippen LogP contribution in [0.15, 0.2) is 29.6 Å². The van der Waals surface area contributed by atoms with Crippen LogP contribution in [-0.2, 0) is 0 Å². The van der Waals surface area contributed by atoms with Gasteiger partial charge in [-0.1, -0.05) is 13.8 Å². The first-order valence-electron chi connectivity index (χ1n) is 6.36. The second-order valence-corrected chi connectivity index (χ2v) is 5.87. The Hall–Kier alpha value is -2.01. The minimum Gasteiger partial charge on any atom is -0.375 e. The number of anilines is 1. The fourth-order valence-corrected chi connectivity index (χ4v) is 2.70. The van der Waals surface area contributed by atoms with E-state index >= 15 is 0 Å². The predicted molar refractivity (Wildman–Crippen MR) is 81.3 cm³/mol. The second-order valence-electron chi connectivity index (χ2n) is 4.98. The Kier molecular flexibility index (Phi) is 3.14. The molecule has 0 fully saturated rings. The Balaban J connectivity index is 2.34. The highest BCUT2D eigenvalue weighted by Gasteiger charge is 2.13. The summed E-state index contributed by atoms with van der Waals surface area (Å²) in [6, 6.07) is 6.60. The molecule has 0 amide bonds. The molecule has 5 heteroatoms. The smallest absolute Gasteiger partial charge is 0.180 e. The van der Waals surface area contributed by atoms with E-state index in [1.165, 1.54) is 23.5 Å². The van der Waals surface area contributed by atoms with Crippen molar-refractivity contribution in [3.63, 3.8) is 0 Å². The highest BCUT2D eigenvalue weighted by atomic mass is 32.1. The molecule has 0 aliphatic carbocycles. The Morgan fingerprint density at radius 1 is 1.20 bits per heavy atom. The number of pyridine rings is 1. The average molecular weight is 287 g/mol. The molecule has 0 aliphatic heterocycles. The van der Waals surface area contributed by atoms with Crippen LogP contribution in [0.25, 0.3) is 22.2 Å². The van der Waals surface area contributed by atoms with Gasteiger partial charge in [-0.05, 0) is 30.2 Å². The van der Waals surface area contributed by atoms with Crippen LogP contribution < -0.4 is 5.73 Å². The Morgan fingerprint density at radius 2 is 2.00 bits per heavy atom. The molecule has 0 bridgehead atoms. The van der Waals surface area contributed by atoms with E-state index in [1.54, 1.807) is 6.07 Å². The van der Waals surface area contributed by atoms with Crippen LogP contribution >= 0.6 is 11.3 Å². The first-order valence-corrected chi connectivity index (χ1v) is 7.24. The lowest BCUT2D eigenvalue weighted by molar-refractivity contribution is 0.629. The van der Waals surface area contributed by atoms with Gasteiger partial charge in [-0.15, -0.1) is 11.3 Å². The van der Waals surface area contributed by atoms with E-state index in [9.17, 15) is 4.39 Å². The van der Waals surface area contributed by atoms with Crippen molar-refractivity contribution in [2.75, 3.05) is 5.73 Å². The first kappa shape index (κ1) is 13.0. The van der Waals surface area contributed by atoms with Crippen LogP contribution in [0, 0.1) is 5.82 Å². The maximum absolute atomic E-state index is 13.5. The topological polar surface area (TPSA) is 51.8 Å². The van der Waals surface area contributed by atoms with Gasteiger partial charge in [-0.3, -0.25) is 4.98 Å². The summed E-state index contributed by atoms with van der Waals surface area (Å²) in [5.41, 5.74) is 9.10. The molecule has 0 unspecified atom stereocenters. The summed E-state index contributed by atoms with van der Waals surface area (Å²) >= 11 is 1.38. The van der Waals surface area contributed by atoms with Gasteiger partial charge in [0.25, 0.3) is 0 Å². The molecule has 102 valence electrons. The molecule has 0 aliphatic rings. The molecule has 0 saturated carbocycles. The van der Waals surface area contributed by atoms with Crippen molar-refractivity contribution >= 4 is 27.4 Å². The van der Waals surface area contributed by atoms with Crippen molar-refractivity contribution in [1.82, 2.24) is 9.97 Å². The number of fused-ring (bicyclic) bond motifs is 1. The van der Waals surface area contributed by atoms with E-state index in [0.717, 1.165) is 27.9 Å². The van der Waals surface area contributed by atoms with Gasteiger partial charge < -0.3 is 5.73 Å². The van der Waals surface area contributed by atoms with Gasteiger partial charge in [0.1, 0.15) is 5.82 Å². The molecule has 2 N–H and O–H groups in total. The normalized spacial score (nSPS) is 11.4. The predicted octanol–water partition coefficient (Wildman–Crippen LogP) is 4.20. The van der Waals surface area contributed by atoms with Crippen LogP contribution in [-0.4, -0.2) is 9.97 Å². The Labute approximate surface area is 120 Å². The van der Waals surface area contributed by atoms with Gasteiger partial charge in [0.15, 0.2) is 5.13 Å². The van der Waals surface area contributed by atoms with E-state index in [2.05, 4.69) is 23.8 Å². The average Bonchev–Trinajstić information content (AvgIpc) is 2.84. The molecule has 0 spiro atoms. The molecule has 20 heavy (non-hydrogen) atoms. The highest BCUT2D eigenvalue weighted by Crippen LogP contribution is 2.32. The third-order valence-electron chi connectivity index (χ3n) is 3.18. The number of benzene rings is 1. The number of nitrogens with two attached hydrogens (primary N) is 1. The third-order valence-corrected chi connectivity index (χ3v) is 3.85. The number of aromatic nitrogens is 2. The molecule has 0 atom stereocenters. The summed E-state index contributed by atoms with van der Waals surface area (Å²) in [5.74, 6) is 0.0141. The maximum atomic E-state index is 13.5. The third kappa shape index (κ3) is 2.25. The summed E-state index contributed by atoms with van der Waals surface area (Å²) in [4.78, 5) is 8.89. The van der Waals surface area contributed by atoms with Crippen molar-refractivity contribution in [2.24, 2.45) is 0 Å². The lowest BCUT2D eigenvalue weighted by Crippen LogP contribution is -1.96. The fourth-order valence-electron chi connectivity index (χ4n) is 2.14. The molecule has 3 aromatic rings. The van der Waals surface area contributed by atoms with Crippen molar-refractivity contribution in [3.05, 3.63) is 41.2 Å². The van der Waals surface area contributed by atoms with Gasteiger partial charge >= 0.3 is 0 Å². The van der Waals surface area contributed by atoms with E-state index in [4.69, 9.17) is 5.73 Å². The molecule has 3 nitrogen and oxygen atoms in total. The maximum Gasteiger partial charge on any atom is 0.180 e. The zero-order valence-corrected chi connectivity index (χ0v) is 12.0. The van der Waals surface area contributed by atoms with Crippen LogP contribution in [0.4, 0.5) is 9.52 Å². The number of hydrogen-bond donors (Lipinski definition) is 1. The van der Waals surface area contributed by atoms with Crippen molar-refractivity contribution < 1.29 is 4.39 Å². The van der Waals surface area contributed by atoms with Gasteiger partial charge in [0.2, 0.25) is 0 Å². The molecule has 2 heterocycles. The fraction of sp³-hybridized carbons (Fsp3) is 0.200. The monoisotopic (exact) mass is 287 g/mol. The lowest BCUT2D eigenvalue weighted by atomic mass is 10.0. The van der Waals surface area contributed by atoms with Crippen molar-refractivity contribution in [2.45, 2.75) is 19.8 Å². The van der Waals surface area contributed by atoms with E-state index < -0.39 is 0 Å². The van der Waals surface area contributed by atoms with Gasteiger partial charge in [-0.25, -0.2) is 9.37 Å². The van der Waals surface area contributed by atoms with Gasteiger partial charge in [0, 0.05) is 22.0 Å². The molecular weight excluding hydrogens is 273 g/mol. The number of rotatable bonds is 2. The first-order chi connectivity index (χ1) is 9.54. The molecule has 1 aromatic carbocycles. The van der Waals surface area contributed by atoms with Gasteiger partial charge in [0.05, 0.1) is 11.2 Å². The highest BCUT2D eigenvalue weighted by molar-refractivity contribution is 7.13. The van der Waals surface area contributed by atoms with Crippen LogP contribution in [0.2, 0.25) is 0 Å². The van der Waals surface area contributed by atoms with Crippen LogP contribution in [0.1, 0.15) is 25.5 Å². The minimum atomic E-state index is -0.277. The molecule has 0 radical (unpaired) electrons. The van der Waals surface area contributed by atoms with Crippen molar-refractivity contribution in [1.29, 1.82) is 0 Å². The van der Waals surface area contributed by atoms with E-state index in [1.807, 2.05) is 11.4 Å². The number of halogens is 1. The Bertz CT molecular complexity index is 780. The quantitative estimate of drug-likeness (QED) is 0.768. The largest absolute Gasteiger partial charge is 0.375 e. The molecule has 0 saturated heterocycles. The molecule has 2 aromatic heterocycles.